The van der Waals surface area contributed by atoms with Crippen LogP contribution in [0.4, 0.5) is 0 Å². The van der Waals surface area contributed by atoms with E-state index in [-0.39, 0.29) is 5.91 Å². The molecule has 0 aliphatic carbocycles. The van der Waals surface area contributed by atoms with Crippen molar-refractivity contribution in [2.24, 2.45) is 7.05 Å². The summed E-state index contributed by atoms with van der Waals surface area (Å²) in [5.41, 5.74) is 0. The summed E-state index contributed by atoms with van der Waals surface area (Å²) in [6.07, 6.45) is 9.70. The van der Waals surface area contributed by atoms with Crippen molar-refractivity contribution < 1.29 is 4.79 Å². The average molecular weight is 382 g/mol. The molecule has 0 radical (unpaired) electrons. The lowest BCUT2D eigenvalue weighted by Crippen LogP contribution is -2.38. The van der Waals surface area contributed by atoms with Crippen LogP contribution in [-0.2, 0) is 24.9 Å². The molecule has 1 aliphatic rings. The summed E-state index contributed by atoms with van der Waals surface area (Å²) in [5.74, 6) is 3.44. The highest BCUT2D eigenvalue weighted by atomic mass is 16.2. The molecule has 1 saturated heterocycles. The first kappa shape index (κ1) is 18.4. The van der Waals surface area contributed by atoms with E-state index in [4.69, 9.17) is 0 Å². The highest BCUT2D eigenvalue weighted by Gasteiger charge is 2.27. The third-order valence-corrected chi connectivity index (χ3v) is 5.56. The molecule has 0 spiro atoms. The second-order valence-corrected chi connectivity index (χ2v) is 7.31. The minimum Gasteiger partial charge on any atom is -0.343 e. The van der Waals surface area contributed by atoms with Gasteiger partial charge in [-0.1, -0.05) is 0 Å². The molecular weight excluding hydrogens is 356 g/mol. The van der Waals surface area contributed by atoms with Crippen LogP contribution in [-0.4, -0.2) is 58.0 Å². The van der Waals surface area contributed by atoms with Gasteiger partial charge in [-0.3, -0.25) is 9.48 Å². The molecule has 148 valence electrons. The van der Waals surface area contributed by atoms with Gasteiger partial charge >= 0.3 is 0 Å². The summed E-state index contributed by atoms with van der Waals surface area (Å²) in [4.78, 5) is 18.7. The molecule has 0 saturated carbocycles. The van der Waals surface area contributed by atoms with Gasteiger partial charge in [-0.25, -0.2) is 4.98 Å². The summed E-state index contributed by atoms with van der Waals surface area (Å²) < 4.78 is 5.96. The van der Waals surface area contributed by atoms with Gasteiger partial charge in [0, 0.05) is 63.8 Å². The van der Waals surface area contributed by atoms with Gasteiger partial charge in [0.25, 0.3) is 0 Å². The SMILES string of the molecule is Cc1nccn1Cc1nnc(C2CCN(C(=O)CCn3cccn3)CC2)n1C. The number of likely N-dealkylation sites (tertiary alicyclic amines) is 1. The van der Waals surface area contributed by atoms with E-state index in [1.807, 2.05) is 37.3 Å². The molecule has 9 nitrogen and oxygen atoms in total. The Morgan fingerprint density at radius 3 is 2.68 bits per heavy atom. The van der Waals surface area contributed by atoms with Crippen molar-refractivity contribution in [1.82, 2.24) is 39.0 Å². The van der Waals surface area contributed by atoms with Crippen molar-refractivity contribution >= 4 is 5.91 Å². The normalized spacial score (nSPS) is 15.3. The van der Waals surface area contributed by atoms with Crippen molar-refractivity contribution in [1.29, 1.82) is 0 Å². The van der Waals surface area contributed by atoms with Crippen LogP contribution in [0.2, 0.25) is 0 Å². The van der Waals surface area contributed by atoms with Gasteiger partial charge in [0.2, 0.25) is 5.91 Å². The number of nitrogens with zero attached hydrogens (tertiary/aromatic N) is 8. The summed E-state index contributed by atoms with van der Waals surface area (Å²) in [6, 6.07) is 1.87. The van der Waals surface area contributed by atoms with E-state index in [0.29, 0.717) is 25.4 Å². The molecule has 1 aliphatic heterocycles. The summed E-state index contributed by atoms with van der Waals surface area (Å²) in [6.45, 7) is 4.82. The van der Waals surface area contributed by atoms with Crippen LogP contribution in [0.15, 0.2) is 30.9 Å². The van der Waals surface area contributed by atoms with Crippen molar-refractivity contribution in [3.05, 3.63) is 48.3 Å². The summed E-state index contributed by atoms with van der Waals surface area (Å²) >= 11 is 0. The first-order valence-corrected chi connectivity index (χ1v) is 9.73. The molecule has 28 heavy (non-hydrogen) atoms. The van der Waals surface area contributed by atoms with E-state index in [9.17, 15) is 4.79 Å². The molecule has 0 bridgehead atoms. The highest BCUT2D eigenvalue weighted by Crippen LogP contribution is 2.27. The number of hydrogen-bond donors (Lipinski definition) is 0. The third kappa shape index (κ3) is 3.83. The van der Waals surface area contributed by atoms with E-state index >= 15 is 0 Å². The van der Waals surface area contributed by atoms with E-state index in [1.165, 1.54) is 0 Å². The van der Waals surface area contributed by atoms with Crippen LogP contribution in [0.5, 0.6) is 0 Å². The zero-order chi connectivity index (χ0) is 19.5. The molecule has 4 heterocycles. The molecule has 0 N–H and O–H groups in total. The Hall–Kier alpha value is -2.97. The van der Waals surface area contributed by atoms with Gasteiger partial charge in [-0.15, -0.1) is 10.2 Å². The maximum atomic E-state index is 12.5. The highest BCUT2D eigenvalue weighted by molar-refractivity contribution is 5.76. The van der Waals surface area contributed by atoms with Gasteiger partial charge in [-0.05, 0) is 25.8 Å². The van der Waals surface area contributed by atoms with Crippen LogP contribution in [0.25, 0.3) is 0 Å². The zero-order valence-electron chi connectivity index (χ0n) is 16.4. The van der Waals surface area contributed by atoms with E-state index in [2.05, 4.69) is 29.4 Å². The second kappa shape index (κ2) is 7.95. The lowest BCUT2D eigenvalue weighted by Gasteiger charge is -2.31. The largest absolute Gasteiger partial charge is 0.343 e. The molecule has 0 atom stereocenters. The minimum atomic E-state index is 0.197. The minimum absolute atomic E-state index is 0.197. The Morgan fingerprint density at radius 1 is 1.18 bits per heavy atom. The molecule has 0 aromatic carbocycles. The fourth-order valence-electron chi connectivity index (χ4n) is 3.78. The molecule has 3 aromatic heterocycles. The number of rotatable bonds is 6. The number of hydrogen-bond acceptors (Lipinski definition) is 5. The first-order valence-electron chi connectivity index (χ1n) is 9.73. The quantitative estimate of drug-likeness (QED) is 0.642. The average Bonchev–Trinajstić information content (AvgIpc) is 3.44. The van der Waals surface area contributed by atoms with Crippen LogP contribution in [0, 0.1) is 6.92 Å². The van der Waals surface area contributed by atoms with Crippen molar-refractivity contribution in [2.75, 3.05) is 13.1 Å². The second-order valence-electron chi connectivity index (χ2n) is 7.31. The van der Waals surface area contributed by atoms with Crippen LogP contribution in [0.3, 0.4) is 0 Å². The fraction of sp³-hybridized carbons (Fsp3) is 0.526. The van der Waals surface area contributed by atoms with Crippen molar-refractivity contribution in [2.45, 2.75) is 45.2 Å². The number of aromatic nitrogens is 7. The first-order chi connectivity index (χ1) is 13.6. The van der Waals surface area contributed by atoms with E-state index in [0.717, 1.165) is 43.4 Å². The molecule has 4 rings (SSSR count). The van der Waals surface area contributed by atoms with Gasteiger partial charge in [0.15, 0.2) is 5.82 Å². The third-order valence-electron chi connectivity index (χ3n) is 5.56. The predicted molar refractivity (Wildman–Crippen MR) is 102 cm³/mol. The number of piperidine rings is 1. The molecule has 1 fully saturated rings. The number of imidazole rings is 1. The van der Waals surface area contributed by atoms with Gasteiger partial charge in [0.1, 0.15) is 11.6 Å². The van der Waals surface area contributed by atoms with Gasteiger partial charge < -0.3 is 14.0 Å². The Kier molecular flexibility index (Phi) is 5.23. The summed E-state index contributed by atoms with van der Waals surface area (Å²) in [5, 5.41) is 13.0. The molecule has 0 unspecified atom stereocenters. The Balaban J connectivity index is 1.32. The smallest absolute Gasteiger partial charge is 0.224 e. The molecular formula is C19H26N8O. The Bertz CT molecular complexity index is 918. The van der Waals surface area contributed by atoms with Crippen molar-refractivity contribution in [3.63, 3.8) is 0 Å². The fourth-order valence-corrected chi connectivity index (χ4v) is 3.78. The summed E-state index contributed by atoms with van der Waals surface area (Å²) in [7, 11) is 2.03. The maximum absolute atomic E-state index is 12.5. The standard InChI is InChI=1S/C19H26N8O/c1-15-20-8-13-26(15)14-17-22-23-19(24(17)2)16-4-10-25(11-5-16)18(28)6-12-27-9-3-7-21-27/h3,7-9,13,16H,4-6,10-12,14H2,1-2H3. The monoisotopic (exact) mass is 382 g/mol. The Morgan fingerprint density at radius 2 is 2.00 bits per heavy atom. The molecule has 1 amide bonds. The topological polar surface area (TPSA) is 86.7 Å². The zero-order valence-corrected chi connectivity index (χ0v) is 16.4. The predicted octanol–water partition coefficient (Wildman–Crippen LogP) is 1.36. The lowest BCUT2D eigenvalue weighted by atomic mass is 9.95. The van der Waals surface area contributed by atoms with E-state index in [1.54, 1.807) is 17.1 Å². The maximum Gasteiger partial charge on any atom is 0.224 e. The van der Waals surface area contributed by atoms with Crippen LogP contribution < -0.4 is 0 Å². The van der Waals surface area contributed by atoms with Gasteiger partial charge in [0.05, 0.1) is 6.54 Å². The lowest BCUT2D eigenvalue weighted by molar-refractivity contribution is -0.132. The van der Waals surface area contributed by atoms with E-state index < -0.39 is 0 Å². The molecule has 3 aromatic rings. The van der Waals surface area contributed by atoms with Crippen molar-refractivity contribution in [3.8, 4) is 0 Å². The number of carbonyl (C=O) groups is 1. The number of amides is 1. The number of aryl methyl sites for hydroxylation is 2. The molecule has 9 heteroatoms. The van der Waals surface area contributed by atoms with Crippen LogP contribution >= 0.6 is 0 Å². The van der Waals surface area contributed by atoms with Crippen LogP contribution in [0.1, 0.15) is 42.7 Å². The number of carbonyl (C=O) groups excluding carboxylic acids is 1. The van der Waals surface area contributed by atoms with Gasteiger partial charge in [-0.2, -0.15) is 5.10 Å². The Labute approximate surface area is 164 Å².